The molecule has 1 aromatic rings. The highest BCUT2D eigenvalue weighted by atomic mass is 79.9. The number of amides is 1. The van der Waals surface area contributed by atoms with E-state index in [1.54, 1.807) is 6.20 Å². The van der Waals surface area contributed by atoms with Crippen LogP contribution in [-0.4, -0.2) is 53.7 Å². The molecular formula is C19H26BrN3O2. The fourth-order valence-corrected chi connectivity index (χ4v) is 4.97. The lowest BCUT2D eigenvalue weighted by Crippen LogP contribution is -2.63. The van der Waals surface area contributed by atoms with Crippen LogP contribution >= 0.6 is 15.9 Å². The van der Waals surface area contributed by atoms with Crippen molar-refractivity contribution in [2.24, 2.45) is 0 Å². The van der Waals surface area contributed by atoms with Crippen LogP contribution in [0, 0.1) is 0 Å². The molecule has 1 saturated carbocycles. The zero-order chi connectivity index (χ0) is 17.8. The molecule has 1 aliphatic carbocycles. The predicted octanol–water partition coefficient (Wildman–Crippen LogP) is 3.11. The maximum Gasteiger partial charge on any atom is 0.239 e. The van der Waals surface area contributed by atoms with Crippen LogP contribution in [0.15, 0.2) is 16.7 Å². The third-order valence-electron chi connectivity index (χ3n) is 6.14. The number of ether oxygens (including phenoxy) is 1. The van der Waals surface area contributed by atoms with Gasteiger partial charge in [0.25, 0.3) is 0 Å². The third kappa shape index (κ3) is 2.73. The van der Waals surface area contributed by atoms with Crippen molar-refractivity contribution < 1.29 is 9.53 Å². The fourth-order valence-electron chi connectivity index (χ4n) is 4.65. The van der Waals surface area contributed by atoms with Crippen molar-refractivity contribution in [2.45, 2.75) is 57.0 Å². The molecular weight excluding hydrogens is 382 g/mol. The molecule has 2 aliphatic heterocycles. The van der Waals surface area contributed by atoms with Crippen LogP contribution in [0.25, 0.3) is 0 Å². The highest BCUT2D eigenvalue weighted by Gasteiger charge is 2.54. The second kappa shape index (κ2) is 6.03. The van der Waals surface area contributed by atoms with E-state index in [0.717, 1.165) is 61.4 Å². The molecule has 0 spiro atoms. The standard InChI is InChI=1S/C19H26BrN3O2/c1-18(2)16-15(9-13(20)12-21-16)23(17(18)24)14-10-19(3,11-14)22-5-4-7-25-8-6-22/h9,12,14H,4-8,10-11H2,1-3H3. The number of pyridine rings is 1. The Bertz CT molecular complexity index is 692. The van der Waals surface area contributed by atoms with Crippen LogP contribution < -0.4 is 4.90 Å². The number of halogens is 1. The first-order chi connectivity index (χ1) is 11.8. The number of carbonyl (C=O) groups excluding carboxylic acids is 1. The summed E-state index contributed by atoms with van der Waals surface area (Å²) in [5.74, 6) is 0.180. The summed E-state index contributed by atoms with van der Waals surface area (Å²) in [6.07, 6.45) is 4.91. The van der Waals surface area contributed by atoms with Gasteiger partial charge in [-0.25, -0.2) is 0 Å². The van der Waals surface area contributed by atoms with Gasteiger partial charge in [-0.3, -0.25) is 14.7 Å². The van der Waals surface area contributed by atoms with E-state index in [4.69, 9.17) is 4.74 Å². The van der Waals surface area contributed by atoms with Gasteiger partial charge in [-0.05, 0) is 62.0 Å². The minimum absolute atomic E-state index is 0.172. The molecule has 2 fully saturated rings. The Morgan fingerprint density at radius 3 is 2.76 bits per heavy atom. The van der Waals surface area contributed by atoms with Crippen LogP contribution in [0.2, 0.25) is 0 Å². The summed E-state index contributed by atoms with van der Waals surface area (Å²) in [5, 5.41) is 0. The van der Waals surface area contributed by atoms with Gasteiger partial charge in [-0.1, -0.05) is 0 Å². The van der Waals surface area contributed by atoms with Gasteiger partial charge in [0.2, 0.25) is 5.91 Å². The van der Waals surface area contributed by atoms with Gasteiger partial charge in [0.15, 0.2) is 0 Å². The smallest absolute Gasteiger partial charge is 0.239 e. The number of carbonyl (C=O) groups is 1. The van der Waals surface area contributed by atoms with Crippen LogP contribution in [0.5, 0.6) is 0 Å². The van der Waals surface area contributed by atoms with Crippen LogP contribution in [0.1, 0.15) is 45.7 Å². The van der Waals surface area contributed by atoms with Gasteiger partial charge >= 0.3 is 0 Å². The second-order valence-electron chi connectivity index (χ2n) is 8.33. The summed E-state index contributed by atoms with van der Waals surface area (Å²) in [4.78, 5) is 22.2. The number of fused-ring (bicyclic) bond motifs is 1. The fraction of sp³-hybridized carbons (Fsp3) is 0.684. The highest BCUT2D eigenvalue weighted by molar-refractivity contribution is 9.10. The maximum absolute atomic E-state index is 13.1. The van der Waals surface area contributed by atoms with Crippen molar-refractivity contribution in [3.63, 3.8) is 0 Å². The van der Waals surface area contributed by atoms with Crippen molar-refractivity contribution >= 4 is 27.5 Å². The molecule has 0 atom stereocenters. The van der Waals surface area contributed by atoms with Crippen molar-refractivity contribution in [2.75, 3.05) is 31.2 Å². The van der Waals surface area contributed by atoms with Gasteiger partial charge in [-0.15, -0.1) is 0 Å². The molecule has 3 heterocycles. The first-order valence-corrected chi connectivity index (χ1v) is 9.95. The summed E-state index contributed by atoms with van der Waals surface area (Å²) in [5.41, 5.74) is 1.51. The summed E-state index contributed by atoms with van der Waals surface area (Å²) >= 11 is 3.51. The van der Waals surface area contributed by atoms with E-state index in [9.17, 15) is 4.79 Å². The Morgan fingerprint density at radius 2 is 2.00 bits per heavy atom. The second-order valence-corrected chi connectivity index (χ2v) is 9.25. The Morgan fingerprint density at radius 1 is 1.24 bits per heavy atom. The topological polar surface area (TPSA) is 45.7 Å². The molecule has 0 bridgehead atoms. The van der Waals surface area contributed by atoms with E-state index in [-0.39, 0.29) is 17.5 Å². The summed E-state index contributed by atoms with van der Waals surface area (Å²) < 4.78 is 6.52. The number of hydrogen-bond acceptors (Lipinski definition) is 4. The van der Waals surface area contributed by atoms with Gasteiger partial charge in [-0.2, -0.15) is 0 Å². The first kappa shape index (κ1) is 17.4. The van der Waals surface area contributed by atoms with Gasteiger partial charge in [0.1, 0.15) is 0 Å². The molecule has 1 amide bonds. The van der Waals surface area contributed by atoms with E-state index in [0.29, 0.717) is 0 Å². The average Bonchev–Trinajstić information content (AvgIpc) is 2.75. The molecule has 0 aromatic carbocycles. The Kier molecular flexibility index (Phi) is 4.21. The lowest BCUT2D eigenvalue weighted by atomic mass is 9.71. The predicted molar refractivity (Wildman–Crippen MR) is 101 cm³/mol. The van der Waals surface area contributed by atoms with Crippen molar-refractivity contribution in [3.8, 4) is 0 Å². The number of hydrogen-bond donors (Lipinski definition) is 0. The van der Waals surface area contributed by atoms with Crippen LogP contribution in [0.3, 0.4) is 0 Å². The van der Waals surface area contributed by atoms with Gasteiger partial charge < -0.3 is 9.64 Å². The van der Waals surface area contributed by atoms with E-state index in [1.165, 1.54) is 0 Å². The first-order valence-electron chi connectivity index (χ1n) is 9.15. The maximum atomic E-state index is 13.1. The molecule has 3 aliphatic rings. The van der Waals surface area contributed by atoms with E-state index in [2.05, 4.69) is 32.7 Å². The Labute approximate surface area is 157 Å². The van der Waals surface area contributed by atoms with Gasteiger partial charge in [0, 0.05) is 41.9 Å². The Balaban J connectivity index is 1.56. The summed E-state index contributed by atoms with van der Waals surface area (Å²) in [6.45, 7) is 10.1. The highest BCUT2D eigenvalue weighted by Crippen LogP contribution is 2.49. The lowest BCUT2D eigenvalue weighted by molar-refractivity contribution is -0.123. The monoisotopic (exact) mass is 407 g/mol. The van der Waals surface area contributed by atoms with Crippen molar-refractivity contribution in [3.05, 3.63) is 22.4 Å². The van der Waals surface area contributed by atoms with E-state index < -0.39 is 5.41 Å². The van der Waals surface area contributed by atoms with E-state index in [1.807, 2.05) is 24.8 Å². The van der Waals surface area contributed by atoms with Crippen molar-refractivity contribution in [1.82, 2.24) is 9.88 Å². The number of rotatable bonds is 2. The summed E-state index contributed by atoms with van der Waals surface area (Å²) in [6, 6.07) is 2.31. The third-order valence-corrected chi connectivity index (χ3v) is 6.57. The molecule has 25 heavy (non-hydrogen) atoms. The van der Waals surface area contributed by atoms with Crippen LogP contribution in [-0.2, 0) is 14.9 Å². The number of anilines is 1. The number of aromatic nitrogens is 1. The largest absolute Gasteiger partial charge is 0.380 e. The summed E-state index contributed by atoms with van der Waals surface area (Å²) in [7, 11) is 0. The van der Waals surface area contributed by atoms with Crippen molar-refractivity contribution in [1.29, 1.82) is 0 Å². The lowest BCUT2D eigenvalue weighted by Gasteiger charge is -2.54. The normalized spacial score (nSPS) is 32.2. The molecule has 0 radical (unpaired) electrons. The molecule has 136 valence electrons. The molecule has 1 saturated heterocycles. The molecule has 0 unspecified atom stereocenters. The SMILES string of the molecule is CC1(C)C(=O)N(C2CC(C)(N3CCCOCC3)C2)c2cc(Br)cnc21. The molecule has 0 N–H and O–H groups in total. The average molecular weight is 408 g/mol. The zero-order valence-electron chi connectivity index (χ0n) is 15.2. The number of nitrogens with zero attached hydrogens (tertiary/aromatic N) is 3. The van der Waals surface area contributed by atoms with Gasteiger partial charge in [0.05, 0.1) is 23.4 Å². The quantitative estimate of drug-likeness (QED) is 0.755. The minimum Gasteiger partial charge on any atom is -0.380 e. The molecule has 1 aromatic heterocycles. The van der Waals surface area contributed by atoms with Crippen LogP contribution in [0.4, 0.5) is 5.69 Å². The van der Waals surface area contributed by atoms with E-state index >= 15 is 0 Å². The zero-order valence-corrected chi connectivity index (χ0v) is 16.8. The molecule has 6 heteroatoms. The minimum atomic E-state index is -0.543. The molecule has 5 nitrogen and oxygen atoms in total. The Hall–Kier alpha value is -0.980. The molecule has 4 rings (SSSR count).